The zero-order chi connectivity index (χ0) is 11.3. The molecule has 0 N–H and O–H groups in total. The highest BCUT2D eigenvalue weighted by Gasteiger charge is 2.18. The van der Waals surface area contributed by atoms with Gasteiger partial charge < -0.3 is 4.90 Å². The Balaban J connectivity index is 2.60. The Morgan fingerprint density at radius 1 is 1.67 bits per heavy atom. The normalized spacial score (nSPS) is 12.5. The van der Waals surface area contributed by atoms with Gasteiger partial charge in [-0.3, -0.25) is 4.79 Å². The van der Waals surface area contributed by atoms with Crippen molar-refractivity contribution >= 4 is 29.0 Å². The van der Waals surface area contributed by atoms with Crippen molar-refractivity contribution in [3.63, 3.8) is 0 Å². The predicted molar refractivity (Wildman–Crippen MR) is 68.4 cm³/mol. The molecule has 0 aliphatic carbocycles. The second-order valence-electron chi connectivity index (χ2n) is 3.31. The zero-order valence-corrected chi connectivity index (χ0v) is 11.0. The number of carbonyl (C=O) groups is 1. The second-order valence-corrected chi connectivity index (χ2v) is 5.52. The molecule has 4 heteroatoms. The highest BCUT2D eigenvalue weighted by Crippen LogP contribution is 2.15. The summed E-state index contributed by atoms with van der Waals surface area (Å²) in [6.45, 7) is 5.52. The number of amides is 1. The molecule has 1 rings (SSSR count). The van der Waals surface area contributed by atoms with Crippen molar-refractivity contribution in [2.45, 2.75) is 25.6 Å². The van der Waals surface area contributed by atoms with Gasteiger partial charge in [-0.05, 0) is 31.5 Å². The standard InChI is InChI=1S/C11H17NOS2/c1-4-12(11(13)9(2)14-3)8-10-6-5-7-15-10/h5-7,9H,4,8H2,1-3H3. The van der Waals surface area contributed by atoms with Crippen molar-refractivity contribution in [1.82, 2.24) is 4.90 Å². The molecule has 15 heavy (non-hydrogen) atoms. The molecule has 2 nitrogen and oxygen atoms in total. The Kier molecular flexibility index (Phi) is 5.19. The smallest absolute Gasteiger partial charge is 0.235 e. The summed E-state index contributed by atoms with van der Waals surface area (Å²) in [4.78, 5) is 15.1. The van der Waals surface area contributed by atoms with Crippen LogP contribution < -0.4 is 0 Å². The molecule has 0 saturated carbocycles. The summed E-state index contributed by atoms with van der Waals surface area (Å²) >= 11 is 3.30. The minimum absolute atomic E-state index is 0.0601. The number of carbonyl (C=O) groups excluding carboxylic acids is 1. The number of nitrogens with zero attached hydrogens (tertiary/aromatic N) is 1. The molecule has 1 unspecified atom stereocenters. The number of thiophene rings is 1. The molecule has 0 aliphatic rings. The van der Waals surface area contributed by atoms with Crippen LogP contribution in [0.1, 0.15) is 18.7 Å². The Bertz CT molecular complexity index is 298. The van der Waals surface area contributed by atoms with Crippen molar-refractivity contribution in [2.75, 3.05) is 12.8 Å². The van der Waals surface area contributed by atoms with Crippen molar-refractivity contribution in [3.05, 3.63) is 22.4 Å². The van der Waals surface area contributed by atoms with Crippen molar-refractivity contribution in [2.24, 2.45) is 0 Å². The lowest BCUT2D eigenvalue weighted by atomic mass is 10.3. The summed E-state index contributed by atoms with van der Waals surface area (Å²) in [6.07, 6.45) is 1.97. The summed E-state index contributed by atoms with van der Waals surface area (Å²) in [5.41, 5.74) is 0. The quantitative estimate of drug-likeness (QED) is 0.792. The van der Waals surface area contributed by atoms with Gasteiger partial charge in [0.05, 0.1) is 11.8 Å². The Morgan fingerprint density at radius 2 is 2.40 bits per heavy atom. The molecule has 0 fully saturated rings. The van der Waals surface area contributed by atoms with Crippen LogP contribution in [-0.2, 0) is 11.3 Å². The van der Waals surface area contributed by atoms with Gasteiger partial charge in [0.15, 0.2) is 0 Å². The Morgan fingerprint density at radius 3 is 2.87 bits per heavy atom. The van der Waals surface area contributed by atoms with Crippen LogP contribution in [0.2, 0.25) is 0 Å². The maximum Gasteiger partial charge on any atom is 0.235 e. The fraction of sp³-hybridized carbons (Fsp3) is 0.545. The molecule has 0 aliphatic heterocycles. The summed E-state index contributed by atoms with van der Waals surface area (Å²) in [6, 6.07) is 4.10. The lowest BCUT2D eigenvalue weighted by Crippen LogP contribution is -2.35. The molecule has 0 saturated heterocycles. The molecule has 0 bridgehead atoms. The third-order valence-corrected chi connectivity index (χ3v) is 4.09. The van der Waals surface area contributed by atoms with Gasteiger partial charge in [-0.25, -0.2) is 0 Å². The van der Waals surface area contributed by atoms with Crippen LogP contribution in [0.3, 0.4) is 0 Å². The van der Waals surface area contributed by atoms with Gasteiger partial charge in [-0.1, -0.05) is 6.07 Å². The van der Waals surface area contributed by atoms with Crippen LogP contribution in [0.25, 0.3) is 0 Å². The second kappa shape index (κ2) is 6.18. The Hall–Kier alpha value is -0.480. The first-order chi connectivity index (χ1) is 7.19. The van der Waals surface area contributed by atoms with E-state index in [4.69, 9.17) is 0 Å². The van der Waals surface area contributed by atoms with Crippen molar-refractivity contribution in [3.8, 4) is 0 Å². The average molecular weight is 243 g/mol. The van der Waals surface area contributed by atoms with Crippen LogP contribution >= 0.6 is 23.1 Å². The molecular weight excluding hydrogens is 226 g/mol. The van der Waals surface area contributed by atoms with Gasteiger partial charge in [0.2, 0.25) is 5.91 Å². The molecule has 0 spiro atoms. The number of thioether (sulfide) groups is 1. The molecule has 1 atom stereocenters. The molecule has 1 heterocycles. The lowest BCUT2D eigenvalue weighted by molar-refractivity contribution is -0.130. The average Bonchev–Trinajstić information content (AvgIpc) is 2.76. The van der Waals surface area contributed by atoms with Gasteiger partial charge in [-0.2, -0.15) is 11.8 Å². The highest BCUT2D eigenvalue weighted by molar-refractivity contribution is 7.99. The molecule has 1 aromatic heterocycles. The van der Waals surface area contributed by atoms with Crippen molar-refractivity contribution < 1.29 is 4.79 Å². The summed E-state index contributed by atoms with van der Waals surface area (Å²) in [5, 5.41) is 2.11. The van der Waals surface area contributed by atoms with Gasteiger partial charge in [0.25, 0.3) is 0 Å². The minimum Gasteiger partial charge on any atom is -0.337 e. The molecule has 1 aromatic rings. The van der Waals surface area contributed by atoms with E-state index < -0.39 is 0 Å². The molecule has 0 radical (unpaired) electrons. The molecule has 0 aromatic carbocycles. The topological polar surface area (TPSA) is 20.3 Å². The van der Waals surface area contributed by atoms with E-state index >= 15 is 0 Å². The predicted octanol–water partition coefficient (Wildman–Crippen LogP) is 2.85. The van der Waals surface area contributed by atoms with E-state index in [-0.39, 0.29) is 11.2 Å². The largest absolute Gasteiger partial charge is 0.337 e. The molecule has 84 valence electrons. The van der Waals surface area contributed by atoms with Crippen LogP contribution in [0.15, 0.2) is 17.5 Å². The number of hydrogen-bond donors (Lipinski definition) is 0. The van der Waals surface area contributed by atoms with E-state index in [1.54, 1.807) is 23.1 Å². The lowest BCUT2D eigenvalue weighted by Gasteiger charge is -2.22. The van der Waals surface area contributed by atoms with Crippen LogP contribution in [0.5, 0.6) is 0 Å². The van der Waals surface area contributed by atoms with E-state index in [1.165, 1.54) is 4.88 Å². The first-order valence-corrected chi connectivity index (χ1v) is 7.19. The molecular formula is C11H17NOS2. The summed E-state index contributed by atoms with van der Waals surface area (Å²) < 4.78 is 0. The third kappa shape index (κ3) is 3.54. The highest BCUT2D eigenvalue weighted by atomic mass is 32.2. The molecule has 1 amide bonds. The van der Waals surface area contributed by atoms with E-state index in [2.05, 4.69) is 6.07 Å². The fourth-order valence-electron chi connectivity index (χ4n) is 1.29. The zero-order valence-electron chi connectivity index (χ0n) is 9.40. The van der Waals surface area contributed by atoms with Crippen LogP contribution in [-0.4, -0.2) is 28.9 Å². The fourth-order valence-corrected chi connectivity index (χ4v) is 2.36. The van der Waals surface area contributed by atoms with E-state index in [0.29, 0.717) is 0 Å². The van der Waals surface area contributed by atoms with E-state index in [0.717, 1.165) is 13.1 Å². The monoisotopic (exact) mass is 243 g/mol. The van der Waals surface area contributed by atoms with E-state index in [9.17, 15) is 4.79 Å². The maximum absolute atomic E-state index is 11.9. The SMILES string of the molecule is CCN(Cc1cccs1)C(=O)C(C)SC. The maximum atomic E-state index is 11.9. The van der Waals surface area contributed by atoms with Gasteiger partial charge >= 0.3 is 0 Å². The third-order valence-electron chi connectivity index (χ3n) is 2.32. The number of rotatable bonds is 5. The van der Waals surface area contributed by atoms with Crippen LogP contribution in [0, 0.1) is 0 Å². The van der Waals surface area contributed by atoms with Crippen LogP contribution in [0.4, 0.5) is 0 Å². The summed E-state index contributed by atoms with van der Waals surface area (Å²) in [7, 11) is 0. The van der Waals surface area contributed by atoms with Gasteiger partial charge in [0.1, 0.15) is 0 Å². The first kappa shape index (κ1) is 12.6. The van der Waals surface area contributed by atoms with Crippen molar-refractivity contribution in [1.29, 1.82) is 0 Å². The van der Waals surface area contributed by atoms with E-state index in [1.807, 2.05) is 36.4 Å². The first-order valence-electron chi connectivity index (χ1n) is 5.03. The summed E-state index contributed by atoms with van der Waals surface area (Å²) in [5.74, 6) is 0.235. The van der Waals surface area contributed by atoms with Gasteiger partial charge in [-0.15, -0.1) is 11.3 Å². The Labute approximate surface area is 99.7 Å². The minimum atomic E-state index is 0.0601. The van der Waals surface area contributed by atoms with Gasteiger partial charge in [0, 0.05) is 11.4 Å². The number of hydrogen-bond acceptors (Lipinski definition) is 3.